The molecule has 0 radical (unpaired) electrons. The molecule has 0 saturated carbocycles. The van der Waals surface area contributed by atoms with Crippen molar-refractivity contribution in [2.75, 3.05) is 0 Å². The zero-order valence-corrected chi connectivity index (χ0v) is 8.94. The number of rotatable bonds is 1. The van der Waals surface area contributed by atoms with Crippen LogP contribution in [0.3, 0.4) is 0 Å². The first-order chi connectivity index (χ1) is 5.11. The molecule has 1 aromatic heterocycles. The van der Waals surface area contributed by atoms with Gasteiger partial charge in [0.1, 0.15) is 4.60 Å². The van der Waals surface area contributed by atoms with Gasteiger partial charge in [-0.05, 0) is 43.5 Å². The summed E-state index contributed by atoms with van der Waals surface area (Å²) in [6.45, 7) is 0. The molecule has 0 aliphatic heterocycles. The number of aromatic nitrogens is 2. The Kier molecular flexibility index (Phi) is 2.98. The van der Waals surface area contributed by atoms with Crippen LogP contribution in [0.15, 0.2) is 15.5 Å². The molecule has 3 nitrogen and oxygen atoms in total. The number of hydrogen-bond donors (Lipinski definition) is 0. The Bertz CT molecular complexity index is 305. The third kappa shape index (κ3) is 2.21. The quantitative estimate of drug-likeness (QED) is 0.454. The van der Waals surface area contributed by atoms with Gasteiger partial charge in [0.25, 0.3) is 5.24 Å². The van der Waals surface area contributed by atoms with Gasteiger partial charge in [-0.3, -0.25) is 4.79 Å². The standard InChI is InChI=1S/C5HBr2ClN2O/c6-3-2(4(8)11)1-9-5(7)10-3/h1H. The van der Waals surface area contributed by atoms with Crippen LogP contribution in [-0.4, -0.2) is 15.2 Å². The molecule has 0 unspecified atom stereocenters. The maximum absolute atomic E-state index is 10.6. The number of carbonyl (C=O) groups is 1. The van der Waals surface area contributed by atoms with Crippen molar-refractivity contribution in [1.29, 1.82) is 0 Å². The van der Waals surface area contributed by atoms with Crippen LogP contribution in [0.2, 0.25) is 0 Å². The average Bonchev–Trinajstić information content (AvgIpc) is 1.85. The summed E-state index contributed by atoms with van der Waals surface area (Å²) in [5.41, 5.74) is 0.259. The lowest BCUT2D eigenvalue weighted by molar-refractivity contribution is 0.108. The summed E-state index contributed by atoms with van der Waals surface area (Å²) >= 11 is 11.3. The number of halogens is 3. The van der Waals surface area contributed by atoms with Crippen molar-refractivity contribution < 1.29 is 4.79 Å². The highest BCUT2D eigenvalue weighted by Gasteiger charge is 2.08. The van der Waals surface area contributed by atoms with E-state index in [4.69, 9.17) is 11.6 Å². The first kappa shape index (κ1) is 9.09. The largest absolute Gasteiger partial charge is 0.275 e. The maximum atomic E-state index is 10.6. The fourth-order valence-electron chi connectivity index (χ4n) is 0.473. The molecule has 58 valence electrons. The molecule has 0 amide bonds. The second-order valence-corrected chi connectivity index (χ2v) is 3.42. The highest BCUT2D eigenvalue weighted by molar-refractivity contribution is 9.11. The van der Waals surface area contributed by atoms with Gasteiger partial charge in [0.15, 0.2) is 4.73 Å². The van der Waals surface area contributed by atoms with E-state index in [-0.39, 0.29) is 5.56 Å². The Morgan fingerprint density at radius 1 is 1.55 bits per heavy atom. The molecule has 11 heavy (non-hydrogen) atoms. The van der Waals surface area contributed by atoms with E-state index in [2.05, 4.69) is 41.8 Å². The number of carbonyl (C=O) groups excluding carboxylic acids is 1. The van der Waals surface area contributed by atoms with E-state index in [1.54, 1.807) is 0 Å². The summed E-state index contributed by atoms with van der Waals surface area (Å²) in [5, 5.41) is -0.579. The van der Waals surface area contributed by atoms with Gasteiger partial charge in [0.2, 0.25) is 0 Å². The van der Waals surface area contributed by atoms with Crippen molar-refractivity contribution in [2.24, 2.45) is 0 Å². The van der Waals surface area contributed by atoms with E-state index in [1.165, 1.54) is 6.20 Å². The highest BCUT2D eigenvalue weighted by atomic mass is 79.9. The van der Waals surface area contributed by atoms with E-state index in [0.29, 0.717) is 9.34 Å². The van der Waals surface area contributed by atoms with Crippen molar-refractivity contribution in [3.05, 3.63) is 21.1 Å². The van der Waals surface area contributed by atoms with Gasteiger partial charge in [0, 0.05) is 6.20 Å². The Hall–Kier alpha value is -0.0000000000000000555. The van der Waals surface area contributed by atoms with E-state index < -0.39 is 5.24 Å². The molecule has 1 aromatic rings. The molecule has 0 aliphatic carbocycles. The molecule has 0 aromatic carbocycles. The predicted octanol–water partition coefficient (Wildman–Crippen LogP) is 2.38. The van der Waals surface area contributed by atoms with Crippen LogP contribution in [0.4, 0.5) is 0 Å². The van der Waals surface area contributed by atoms with Crippen LogP contribution >= 0.6 is 43.5 Å². The Morgan fingerprint density at radius 3 is 2.64 bits per heavy atom. The topological polar surface area (TPSA) is 42.9 Å². The smallest absolute Gasteiger partial charge is 0.256 e. The lowest BCUT2D eigenvalue weighted by Gasteiger charge is -1.95. The Morgan fingerprint density at radius 2 is 2.18 bits per heavy atom. The van der Waals surface area contributed by atoms with Crippen molar-refractivity contribution in [2.45, 2.75) is 0 Å². The van der Waals surface area contributed by atoms with Gasteiger partial charge in [-0.15, -0.1) is 0 Å². The molecular weight excluding hydrogens is 299 g/mol. The van der Waals surface area contributed by atoms with Crippen LogP contribution in [0.1, 0.15) is 10.4 Å². The SMILES string of the molecule is O=C(Cl)c1cnc(Br)nc1Br. The lowest BCUT2D eigenvalue weighted by atomic mass is 10.4. The second kappa shape index (κ2) is 3.60. The second-order valence-electron chi connectivity index (χ2n) is 1.62. The van der Waals surface area contributed by atoms with Crippen LogP contribution in [0.25, 0.3) is 0 Å². The van der Waals surface area contributed by atoms with Gasteiger partial charge in [-0.2, -0.15) is 0 Å². The normalized spacial score (nSPS) is 9.73. The van der Waals surface area contributed by atoms with Crippen LogP contribution in [0.5, 0.6) is 0 Å². The van der Waals surface area contributed by atoms with E-state index in [1.807, 2.05) is 0 Å². The average molecular weight is 300 g/mol. The summed E-state index contributed by atoms with van der Waals surface area (Å²) in [6.07, 6.45) is 1.34. The number of hydrogen-bond acceptors (Lipinski definition) is 3. The summed E-state index contributed by atoms with van der Waals surface area (Å²) in [6, 6.07) is 0. The van der Waals surface area contributed by atoms with Crippen molar-refractivity contribution in [3.63, 3.8) is 0 Å². The van der Waals surface area contributed by atoms with E-state index >= 15 is 0 Å². The molecule has 0 aliphatic rings. The molecule has 0 N–H and O–H groups in total. The van der Waals surface area contributed by atoms with E-state index in [9.17, 15) is 4.79 Å². The highest BCUT2D eigenvalue weighted by Crippen LogP contribution is 2.16. The summed E-state index contributed by atoms with van der Waals surface area (Å²) in [4.78, 5) is 18.2. The van der Waals surface area contributed by atoms with Crippen molar-refractivity contribution in [1.82, 2.24) is 9.97 Å². The Balaban J connectivity index is 3.20. The van der Waals surface area contributed by atoms with Gasteiger partial charge in [-0.25, -0.2) is 9.97 Å². The molecule has 6 heteroatoms. The van der Waals surface area contributed by atoms with Gasteiger partial charge in [-0.1, -0.05) is 0 Å². The first-order valence-corrected chi connectivity index (χ1v) is 4.45. The maximum Gasteiger partial charge on any atom is 0.256 e. The molecule has 0 bridgehead atoms. The fourth-order valence-corrected chi connectivity index (χ4v) is 1.69. The monoisotopic (exact) mass is 298 g/mol. The minimum atomic E-state index is -0.579. The van der Waals surface area contributed by atoms with Gasteiger partial charge < -0.3 is 0 Å². The van der Waals surface area contributed by atoms with Gasteiger partial charge >= 0.3 is 0 Å². The minimum absolute atomic E-state index is 0.259. The van der Waals surface area contributed by atoms with Crippen LogP contribution < -0.4 is 0 Å². The lowest BCUT2D eigenvalue weighted by Crippen LogP contribution is -1.95. The summed E-state index contributed by atoms with van der Waals surface area (Å²) < 4.78 is 0.797. The molecule has 1 rings (SSSR count). The molecule has 0 fully saturated rings. The third-order valence-electron chi connectivity index (χ3n) is 0.925. The molecular formula is C5HBr2ClN2O. The first-order valence-electron chi connectivity index (χ1n) is 2.49. The van der Waals surface area contributed by atoms with Gasteiger partial charge in [0.05, 0.1) is 5.56 Å². The summed E-state index contributed by atoms with van der Waals surface area (Å²) in [5.74, 6) is 0. The third-order valence-corrected chi connectivity index (χ3v) is 2.11. The summed E-state index contributed by atoms with van der Waals surface area (Å²) in [7, 11) is 0. The van der Waals surface area contributed by atoms with Crippen molar-refractivity contribution >= 4 is 48.7 Å². The van der Waals surface area contributed by atoms with Crippen LogP contribution in [-0.2, 0) is 0 Å². The molecule has 0 saturated heterocycles. The number of nitrogens with zero attached hydrogens (tertiary/aromatic N) is 2. The van der Waals surface area contributed by atoms with Crippen LogP contribution in [0, 0.1) is 0 Å². The van der Waals surface area contributed by atoms with Crippen molar-refractivity contribution in [3.8, 4) is 0 Å². The zero-order valence-electron chi connectivity index (χ0n) is 5.01. The molecule has 1 heterocycles. The predicted molar refractivity (Wildman–Crippen MR) is 47.6 cm³/mol. The minimum Gasteiger partial charge on any atom is -0.275 e. The Labute approximate surface area is 84.4 Å². The zero-order chi connectivity index (χ0) is 8.43. The molecule has 0 atom stereocenters. The molecule has 0 spiro atoms. The van der Waals surface area contributed by atoms with E-state index in [0.717, 1.165) is 0 Å². The fraction of sp³-hybridized carbons (Fsp3) is 0.